The first-order valence-electron chi connectivity index (χ1n) is 4.93. The minimum absolute atomic E-state index is 0.484. The molecule has 1 N–H and O–H groups in total. The van der Waals surface area contributed by atoms with Crippen LogP contribution in [0, 0.1) is 6.92 Å². The zero-order valence-electron chi connectivity index (χ0n) is 8.36. The van der Waals surface area contributed by atoms with Crippen LogP contribution in [0.25, 0.3) is 0 Å². The van der Waals surface area contributed by atoms with E-state index in [4.69, 9.17) is 4.74 Å². The summed E-state index contributed by atoms with van der Waals surface area (Å²) in [5.74, 6) is 0. The van der Waals surface area contributed by atoms with Crippen molar-refractivity contribution in [2.24, 2.45) is 0 Å². The monoisotopic (exact) mass is 193 g/mol. The Morgan fingerprint density at radius 1 is 1.50 bits per heavy atom. The second-order valence-corrected chi connectivity index (χ2v) is 3.59. The quantitative estimate of drug-likeness (QED) is 0.766. The van der Waals surface area contributed by atoms with E-state index in [1.54, 1.807) is 6.20 Å². The highest BCUT2D eigenvalue weighted by atomic mass is 16.5. The highest BCUT2D eigenvalue weighted by molar-refractivity contribution is 5.00. The molecule has 0 radical (unpaired) electrons. The lowest BCUT2D eigenvalue weighted by atomic mass is 10.2. The third-order valence-electron chi connectivity index (χ3n) is 2.34. The number of hydrogen-bond acceptors (Lipinski definition) is 4. The maximum atomic E-state index is 5.27. The summed E-state index contributed by atoms with van der Waals surface area (Å²) in [7, 11) is 0. The van der Waals surface area contributed by atoms with Gasteiger partial charge in [0.2, 0.25) is 0 Å². The van der Waals surface area contributed by atoms with Gasteiger partial charge in [-0.15, -0.1) is 0 Å². The van der Waals surface area contributed by atoms with Crippen LogP contribution in [0.2, 0.25) is 0 Å². The van der Waals surface area contributed by atoms with Crippen molar-refractivity contribution in [3.05, 3.63) is 23.8 Å². The second kappa shape index (κ2) is 4.48. The Morgan fingerprint density at radius 2 is 2.43 bits per heavy atom. The van der Waals surface area contributed by atoms with Crippen LogP contribution in [0.4, 0.5) is 0 Å². The van der Waals surface area contributed by atoms with E-state index in [0.717, 1.165) is 37.6 Å². The van der Waals surface area contributed by atoms with E-state index in [1.165, 1.54) is 0 Å². The number of nitrogens with zero attached hydrogens (tertiary/aromatic N) is 2. The Kier molecular flexibility index (Phi) is 3.06. The van der Waals surface area contributed by atoms with Crippen molar-refractivity contribution in [1.82, 2.24) is 15.3 Å². The molecule has 1 aromatic heterocycles. The number of nitrogens with one attached hydrogen (secondary N) is 1. The van der Waals surface area contributed by atoms with Gasteiger partial charge in [-0.2, -0.15) is 0 Å². The minimum atomic E-state index is 0.484. The molecule has 1 atom stereocenters. The summed E-state index contributed by atoms with van der Waals surface area (Å²) in [6.45, 7) is 4.41. The number of aryl methyl sites for hydroxylation is 1. The Bertz CT molecular complexity index is 280. The largest absolute Gasteiger partial charge is 0.380 e. The Morgan fingerprint density at radius 3 is 3.07 bits per heavy atom. The molecular weight excluding hydrogens is 178 g/mol. The number of aromatic nitrogens is 2. The zero-order chi connectivity index (χ0) is 9.80. The molecule has 76 valence electrons. The van der Waals surface area contributed by atoms with Crippen LogP contribution in [0.1, 0.15) is 17.8 Å². The van der Waals surface area contributed by atoms with Crippen LogP contribution in [0.5, 0.6) is 0 Å². The summed E-state index contributed by atoms with van der Waals surface area (Å²) in [6.07, 6.45) is 4.71. The number of hydrogen-bond donors (Lipinski definition) is 1. The van der Waals surface area contributed by atoms with Crippen molar-refractivity contribution < 1.29 is 4.74 Å². The topological polar surface area (TPSA) is 47.0 Å². The zero-order valence-corrected chi connectivity index (χ0v) is 8.36. The predicted octanol–water partition coefficient (Wildman–Crippen LogP) is 0.664. The highest BCUT2D eigenvalue weighted by Gasteiger charge is 2.14. The van der Waals surface area contributed by atoms with Gasteiger partial charge in [0.15, 0.2) is 0 Å². The molecule has 0 spiro atoms. The van der Waals surface area contributed by atoms with Crippen LogP contribution in [0.15, 0.2) is 12.4 Å². The molecule has 0 bridgehead atoms. The van der Waals surface area contributed by atoms with Gasteiger partial charge in [0.1, 0.15) is 0 Å². The van der Waals surface area contributed by atoms with Crippen molar-refractivity contribution in [2.45, 2.75) is 25.9 Å². The average Bonchev–Trinajstić information content (AvgIpc) is 2.70. The fourth-order valence-corrected chi connectivity index (χ4v) is 1.46. The first-order chi connectivity index (χ1) is 6.84. The third kappa shape index (κ3) is 2.49. The van der Waals surface area contributed by atoms with Crippen molar-refractivity contribution in [3.8, 4) is 0 Å². The van der Waals surface area contributed by atoms with E-state index >= 15 is 0 Å². The van der Waals surface area contributed by atoms with Gasteiger partial charge in [-0.1, -0.05) is 0 Å². The summed E-state index contributed by atoms with van der Waals surface area (Å²) < 4.78 is 5.27. The molecule has 0 saturated carbocycles. The lowest BCUT2D eigenvalue weighted by Gasteiger charge is -2.09. The molecule has 1 fully saturated rings. The average molecular weight is 193 g/mol. The summed E-state index contributed by atoms with van der Waals surface area (Å²) in [4.78, 5) is 8.46. The standard InChI is InChI=1S/C10H15N3O/c1-8-4-12-10(5-11-8)6-13-9-2-3-14-7-9/h4-5,9,13H,2-3,6-7H2,1H3. The summed E-state index contributed by atoms with van der Waals surface area (Å²) >= 11 is 0. The van der Waals surface area contributed by atoms with E-state index < -0.39 is 0 Å². The van der Waals surface area contributed by atoms with Gasteiger partial charge in [-0.3, -0.25) is 9.97 Å². The SMILES string of the molecule is Cc1cnc(CNC2CCOC2)cn1. The van der Waals surface area contributed by atoms with Crippen LogP contribution >= 0.6 is 0 Å². The van der Waals surface area contributed by atoms with Crippen LogP contribution in [-0.4, -0.2) is 29.2 Å². The Balaban J connectivity index is 1.82. The van der Waals surface area contributed by atoms with Crippen molar-refractivity contribution >= 4 is 0 Å². The molecule has 1 aliphatic rings. The fourth-order valence-electron chi connectivity index (χ4n) is 1.46. The molecule has 1 unspecified atom stereocenters. The highest BCUT2D eigenvalue weighted by Crippen LogP contribution is 2.04. The molecular formula is C10H15N3O. The van der Waals surface area contributed by atoms with E-state index in [2.05, 4.69) is 15.3 Å². The van der Waals surface area contributed by atoms with Gasteiger partial charge in [-0.05, 0) is 13.3 Å². The molecule has 0 amide bonds. The van der Waals surface area contributed by atoms with Gasteiger partial charge in [0.05, 0.1) is 18.0 Å². The molecule has 0 aliphatic carbocycles. The maximum Gasteiger partial charge on any atom is 0.0724 e. The fraction of sp³-hybridized carbons (Fsp3) is 0.600. The maximum absolute atomic E-state index is 5.27. The summed E-state index contributed by atoms with van der Waals surface area (Å²) in [6, 6.07) is 0.484. The lowest BCUT2D eigenvalue weighted by Crippen LogP contribution is -2.28. The van der Waals surface area contributed by atoms with Gasteiger partial charge >= 0.3 is 0 Å². The van der Waals surface area contributed by atoms with Crippen molar-refractivity contribution in [3.63, 3.8) is 0 Å². The molecule has 14 heavy (non-hydrogen) atoms. The first kappa shape index (κ1) is 9.55. The molecule has 4 heteroatoms. The van der Waals surface area contributed by atoms with Gasteiger partial charge in [0.25, 0.3) is 0 Å². The molecule has 4 nitrogen and oxygen atoms in total. The molecule has 2 rings (SSSR count). The lowest BCUT2D eigenvalue weighted by molar-refractivity contribution is 0.189. The third-order valence-corrected chi connectivity index (χ3v) is 2.34. The first-order valence-corrected chi connectivity index (χ1v) is 4.93. The minimum Gasteiger partial charge on any atom is -0.380 e. The van der Waals surface area contributed by atoms with E-state index in [0.29, 0.717) is 6.04 Å². The molecule has 1 aromatic rings. The molecule has 2 heterocycles. The van der Waals surface area contributed by atoms with E-state index in [1.807, 2.05) is 13.1 Å². The molecule has 0 aromatic carbocycles. The molecule has 1 aliphatic heterocycles. The number of rotatable bonds is 3. The Labute approximate surface area is 83.7 Å². The van der Waals surface area contributed by atoms with Crippen molar-refractivity contribution in [1.29, 1.82) is 0 Å². The second-order valence-electron chi connectivity index (χ2n) is 3.59. The van der Waals surface area contributed by atoms with Gasteiger partial charge < -0.3 is 10.1 Å². The van der Waals surface area contributed by atoms with Crippen LogP contribution in [-0.2, 0) is 11.3 Å². The van der Waals surface area contributed by atoms with E-state index in [9.17, 15) is 0 Å². The smallest absolute Gasteiger partial charge is 0.0724 e. The summed E-state index contributed by atoms with van der Waals surface area (Å²) in [5.41, 5.74) is 1.94. The van der Waals surface area contributed by atoms with Gasteiger partial charge in [-0.25, -0.2) is 0 Å². The van der Waals surface area contributed by atoms with Crippen LogP contribution < -0.4 is 5.32 Å². The van der Waals surface area contributed by atoms with Crippen LogP contribution in [0.3, 0.4) is 0 Å². The van der Waals surface area contributed by atoms with Gasteiger partial charge in [0, 0.05) is 31.6 Å². The summed E-state index contributed by atoms with van der Waals surface area (Å²) in [5, 5.41) is 3.39. The Hall–Kier alpha value is -1.00. The molecule has 1 saturated heterocycles. The van der Waals surface area contributed by atoms with E-state index in [-0.39, 0.29) is 0 Å². The normalized spacial score (nSPS) is 21.4. The predicted molar refractivity (Wildman–Crippen MR) is 52.8 cm³/mol. The number of ether oxygens (including phenoxy) is 1. The van der Waals surface area contributed by atoms with Crippen molar-refractivity contribution in [2.75, 3.05) is 13.2 Å².